The standard InChI is InChI=1S/C9H16S/c1-7(2)8(3)5-6-9(4)10/h5-8,10H,4H2,1-3H3/b6-5-. The minimum atomic E-state index is 0.615. The zero-order chi connectivity index (χ0) is 8.15. The van der Waals surface area contributed by atoms with Crippen molar-refractivity contribution in [1.82, 2.24) is 0 Å². The van der Waals surface area contributed by atoms with Gasteiger partial charge in [0.15, 0.2) is 0 Å². The summed E-state index contributed by atoms with van der Waals surface area (Å²) in [5.41, 5.74) is 0. The molecule has 0 N–H and O–H groups in total. The Labute approximate surface area is 69.4 Å². The fourth-order valence-electron chi connectivity index (χ4n) is 0.485. The van der Waals surface area contributed by atoms with Crippen molar-refractivity contribution in [3.8, 4) is 0 Å². The molecule has 0 aromatic heterocycles. The van der Waals surface area contributed by atoms with E-state index in [4.69, 9.17) is 0 Å². The Hall–Kier alpha value is -0.170. The summed E-state index contributed by atoms with van der Waals surface area (Å²) in [5, 5.41) is 0. The van der Waals surface area contributed by atoms with Crippen LogP contribution in [0.15, 0.2) is 23.6 Å². The summed E-state index contributed by atoms with van der Waals surface area (Å²) < 4.78 is 0. The maximum atomic E-state index is 4.06. The van der Waals surface area contributed by atoms with Gasteiger partial charge < -0.3 is 0 Å². The Morgan fingerprint density at radius 3 is 2.20 bits per heavy atom. The van der Waals surface area contributed by atoms with Crippen LogP contribution in [0, 0.1) is 11.8 Å². The van der Waals surface area contributed by atoms with E-state index in [1.54, 1.807) is 0 Å². The van der Waals surface area contributed by atoms with Crippen molar-refractivity contribution in [2.24, 2.45) is 11.8 Å². The summed E-state index contributed by atoms with van der Waals surface area (Å²) in [4.78, 5) is 0.826. The second kappa shape index (κ2) is 4.62. The first kappa shape index (κ1) is 9.83. The highest BCUT2D eigenvalue weighted by atomic mass is 32.1. The molecule has 0 bridgehead atoms. The molecule has 1 heteroatoms. The molecule has 0 rings (SSSR count). The lowest BCUT2D eigenvalue weighted by Gasteiger charge is -2.08. The third kappa shape index (κ3) is 4.68. The Morgan fingerprint density at radius 2 is 1.90 bits per heavy atom. The van der Waals surface area contributed by atoms with E-state index in [0.29, 0.717) is 11.8 Å². The number of hydrogen-bond acceptors (Lipinski definition) is 1. The Bertz CT molecular complexity index is 134. The highest BCUT2D eigenvalue weighted by Crippen LogP contribution is 2.12. The summed E-state index contributed by atoms with van der Waals surface area (Å²) in [5.74, 6) is 1.31. The molecular formula is C9H16S. The number of rotatable bonds is 3. The van der Waals surface area contributed by atoms with Crippen LogP contribution in [-0.2, 0) is 0 Å². The lowest BCUT2D eigenvalue weighted by atomic mass is 9.98. The van der Waals surface area contributed by atoms with Crippen LogP contribution >= 0.6 is 12.6 Å². The molecule has 0 spiro atoms. The third-order valence-electron chi connectivity index (χ3n) is 1.64. The van der Waals surface area contributed by atoms with Crippen LogP contribution in [0.4, 0.5) is 0 Å². The van der Waals surface area contributed by atoms with E-state index in [1.807, 2.05) is 6.08 Å². The van der Waals surface area contributed by atoms with E-state index in [2.05, 4.69) is 46.1 Å². The van der Waals surface area contributed by atoms with Crippen LogP contribution < -0.4 is 0 Å². The van der Waals surface area contributed by atoms with Crippen molar-refractivity contribution < 1.29 is 0 Å². The van der Waals surface area contributed by atoms with Gasteiger partial charge in [-0.05, 0) is 16.7 Å². The molecule has 1 atom stereocenters. The van der Waals surface area contributed by atoms with E-state index < -0.39 is 0 Å². The maximum absolute atomic E-state index is 4.06. The van der Waals surface area contributed by atoms with Gasteiger partial charge in [-0.15, -0.1) is 12.6 Å². The number of allylic oxidation sites excluding steroid dienone is 2. The van der Waals surface area contributed by atoms with Gasteiger partial charge in [0.25, 0.3) is 0 Å². The first-order valence-electron chi connectivity index (χ1n) is 3.60. The van der Waals surface area contributed by atoms with Gasteiger partial charge in [0, 0.05) is 0 Å². The smallest absolute Gasteiger partial charge is 0.00351 e. The fraction of sp³-hybridized carbons (Fsp3) is 0.556. The van der Waals surface area contributed by atoms with E-state index in [1.165, 1.54) is 0 Å². The minimum Gasteiger partial charge on any atom is -0.144 e. The molecule has 0 saturated heterocycles. The highest BCUT2D eigenvalue weighted by molar-refractivity contribution is 7.84. The zero-order valence-electron chi connectivity index (χ0n) is 6.96. The van der Waals surface area contributed by atoms with Crippen LogP contribution in [0.1, 0.15) is 20.8 Å². The van der Waals surface area contributed by atoms with Gasteiger partial charge in [-0.25, -0.2) is 0 Å². The van der Waals surface area contributed by atoms with Crippen molar-refractivity contribution in [1.29, 1.82) is 0 Å². The third-order valence-corrected chi connectivity index (χ3v) is 1.79. The summed E-state index contributed by atoms with van der Waals surface area (Å²) in [6, 6.07) is 0. The van der Waals surface area contributed by atoms with Gasteiger partial charge in [0.2, 0.25) is 0 Å². The summed E-state index contributed by atoms with van der Waals surface area (Å²) in [7, 11) is 0. The van der Waals surface area contributed by atoms with E-state index in [0.717, 1.165) is 4.91 Å². The molecule has 0 aliphatic rings. The van der Waals surface area contributed by atoms with E-state index in [-0.39, 0.29) is 0 Å². The predicted molar refractivity (Wildman–Crippen MR) is 51.3 cm³/mol. The molecule has 0 aliphatic carbocycles. The Morgan fingerprint density at radius 1 is 1.40 bits per heavy atom. The van der Waals surface area contributed by atoms with Crippen molar-refractivity contribution in [3.63, 3.8) is 0 Å². The molecule has 0 nitrogen and oxygen atoms in total. The van der Waals surface area contributed by atoms with Gasteiger partial charge in [0.1, 0.15) is 0 Å². The molecule has 0 aliphatic heterocycles. The second-order valence-electron chi connectivity index (χ2n) is 2.95. The SMILES string of the molecule is C=C(S)/C=C\C(C)C(C)C. The minimum absolute atomic E-state index is 0.615. The van der Waals surface area contributed by atoms with Crippen LogP contribution in [0.3, 0.4) is 0 Å². The average molecular weight is 156 g/mol. The van der Waals surface area contributed by atoms with Gasteiger partial charge in [-0.2, -0.15) is 0 Å². The molecule has 0 aromatic rings. The molecule has 0 fully saturated rings. The second-order valence-corrected chi connectivity index (χ2v) is 3.53. The Balaban J connectivity index is 3.77. The number of hydrogen-bond donors (Lipinski definition) is 1. The molecule has 10 heavy (non-hydrogen) atoms. The summed E-state index contributed by atoms with van der Waals surface area (Å²) >= 11 is 4.06. The monoisotopic (exact) mass is 156 g/mol. The van der Waals surface area contributed by atoms with Crippen molar-refractivity contribution in [2.75, 3.05) is 0 Å². The fourth-order valence-corrected chi connectivity index (χ4v) is 0.571. The zero-order valence-corrected chi connectivity index (χ0v) is 7.86. The molecule has 1 unspecified atom stereocenters. The van der Waals surface area contributed by atoms with Gasteiger partial charge >= 0.3 is 0 Å². The van der Waals surface area contributed by atoms with Crippen molar-refractivity contribution in [2.45, 2.75) is 20.8 Å². The molecular weight excluding hydrogens is 140 g/mol. The Kier molecular flexibility index (Phi) is 4.54. The summed E-state index contributed by atoms with van der Waals surface area (Å²) in [6.45, 7) is 10.3. The van der Waals surface area contributed by atoms with Gasteiger partial charge in [-0.3, -0.25) is 0 Å². The van der Waals surface area contributed by atoms with Crippen molar-refractivity contribution >= 4 is 12.6 Å². The van der Waals surface area contributed by atoms with Crippen LogP contribution in [0.5, 0.6) is 0 Å². The predicted octanol–water partition coefficient (Wildman–Crippen LogP) is 3.28. The molecule has 58 valence electrons. The van der Waals surface area contributed by atoms with Crippen LogP contribution in [0.2, 0.25) is 0 Å². The first-order chi connectivity index (χ1) is 4.54. The number of thiol groups is 1. The maximum Gasteiger partial charge on any atom is -0.00351 e. The molecule has 0 heterocycles. The molecule has 0 radical (unpaired) electrons. The molecule has 0 aromatic carbocycles. The van der Waals surface area contributed by atoms with E-state index >= 15 is 0 Å². The lowest BCUT2D eigenvalue weighted by Crippen LogP contribution is -1.98. The van der Waals surface area contributed by atoms with Crippen LogP contribution in [0.25, 0.3) is 0 Å². The van der Waals surface area contributed by atoms with Gasteiger partial charge in [0.05, 0.1) is 0 Å². The normalized spacial score (nSPS) is 14.5. The first-order valence-corrected chi connectivity index (χ1v) is 4.05. The molecule has 0 amide bonds. The largest absolute Gasteiger partial charge is 0.144 e. The topological polar surface area (TPSA) is 0 Å². The molecule has 0 saturated carbocycles. The quantitative estimate of drug-likeness (QED) is 0.470. The van der Waals surface area contributed by atoms with Crippen molar-refractivity contribution in [3.05, 3.63) is 23.6 Å². The highest BCUT2D eigenvalue weighted by Gasteiger charge is 2.00. The average Bonchev–Trinajstić information content (AvgIpc) is 1.82. The van der Waals surface area contributed by atoms with Crippen LogP contribution in [-0.4, -0.2) is 0 Å². The summed E-state index contributed by atoms with van der Waals surface area (Å²) in [6.07, 6.45) is 4.09. The lowest BCUT2D eigenvalue weighted by molar-refractivity contribution is 0.504. The van der Waals surface area contributed by atoms with E-state index in [9.17, 15) is 0 Å². The van der Waals surface area contributed by atoms with Gasteiger partial charge in [-0.1, -0.05) is 39.5 Å².